The fourth-order valence-corrected chi connectivity index (χ4v) is 9.18. The Morgan fingerprint density at radius 2 is 1.64 bits per heavy atom. The van der Waals surface area contributed by atoms with Crippen LogP contribution in [-0.4, -0.2) is 67.2 Å². The van der Waals surface area contributed by atoms with Gasteiger partial charge in [0.1, 0.15) is 11.5 Å². The number of rotatable bonds is 11. The van der Waals surface area contributed by atoms with Gasteiger partial charge in [0.05, 0.1) is 45.1 Å². The van der Waals surface area contributed by atoms with Crippen molar-refractivity contribution in [3.05, 3.63) is 131 Å². The predicted molar refractivity (Wildman–Crippen MR) is 211 cm³/mol. The van der Waals surface area contributed by atoms with Gasteiger partial charge in [0.15, 0.2) is 5.60 Å². The number of aliphatic hydroxyl groups is 1. The van der Waals surface area contributed by atoms with Gasteiger partial charge in [-0.15, -0.1) is 6.58 Å². The number of hydrogen-bond acceptors (Lipinski definition) is 7. The molecular weight excluding hydrogens is 695 g/mol. The van der Waals surface area contributed by atoms with E-state index in [0.717, 1.165) is 22.4 Å². The van der Waals surface area contributed by atoms with Gasteiger partial charge in [0.25, 0.3) is 11.8 Å². The van der Waals surface area contributed by atoms with E-state index in [0.29, 0.717) is 41.2 Å². The first kappa shape index (κ1) is 37.8. The number of benzene rings is 4. The van der Waals surface area contributed by atoms with Crippen LogP contribution in [0.25, 0.3) is 0 Å². The second kappa shape index (κ2) is 15.0. The van der Waals surface area contributed by atoms with Crippen molar-refractivity contribution in [2.24, 2.45) is 11.8 Å². The highest BCUT2D eigenvalue weighted by molar-refractivity contribution is 6.09. The van der Waals surface area contributed by atoms with E-state index in [-0.39, 0.29) is 49.3 Å². The predicted octanol–water partition coefficient (Wildman–Crippen LogP) is 6.65. The van der Waals surface area contributed by atoms with Gasteiger partial charge in [-0.05, 0) is 83.1 Å². The van der Waals surface area contributed by atoms with Crippen LogP contribution in [-0.2, 0) is 38.3 Å². The molecule has 55 heavy (non-hydrogen) atoms. The van der Waals surface area contributed by atoms with Crippen LogP contribution in [0, 0.1) is 11.8 Å². The van der Waals surface area contributed by atoms with Gasteiger partial charge in [-0.1, -0.05) is 63.2 Å². The van der Waals surface area contributed by atoms with E-state index in [1.54, 1.807) is 60.4 Å². The number of carbonyl (C=O) groups is 3. The number of carbonyl (C=O) groups excluding carboxylic acids is 3. The zero-order valence-corrected chi connectivity index (χ0v) is 32.1. The molecule has 1 fully saturated rings. The zero-order valence-electron chi connectivity index (χ0n) is 32.1. The van der Waals surface area contributed by atoms with Crippen LogP contribution in [0.5, 0.6) is 11.5 Å². The molecule has 10 heteroatoms. The van der Waals surface area contributed by atoms with E-state index < -0.39 is 23.0 Å². The van der Waals surface area contributed by atoms with Gasteiger partial charge in [-0.3, -0.25) is 14.4 Å². The van der Waals surface area contributed by atoms with Gasteiger partial charge >= 0.3 is 0 Å². The fraction of sp³-hybridized carbons (Fsp3) is 0.356. The third-order valence-corrected chi connectivity index (χ3v) is 12.0. The standard InChI is InChI=1S/C45H49N3O7/c1-7-22-47-38-21-16-33(46-42(51)29-12-17-35(53-5)18-13-29)24-37(38)45(43(47)52)28(2)41(44(3,4)32-14-19-36(54-6)20-15-32)39(55-45)25-40(50)48-26-31-11-9-8-10-30(31)23-34(48)27-49/h7-21,24,28,34,39,41,49H,1,22-23,25-27H2,2-6H3,(H,46,51)/t28-,34-,39+,41-,45+/m0/s1. The summed E-state index contributed by atoms with van der Waals surface area (Å²) in [5, 5.41) is 13.5. The quantitative estimate of drug-likeness (QED) is 0.165. The summed E-state index contributed by atoms with van der Waals surface area (Å²) in [6.07, 6.45) is 1.56. The van der Waals surface area contributed by atoms with Crippen LogP contribution in [0.1, 0.15) is 59.8 Å². The summed E-state index contributed by atoms with van der Waals surface area (Å²) in [4.78, 5) is 46.4. The lowest BCUT2D eigenvalue weighted by molar-refractivity contribution is -0.151. The maximum atomic E-state index is 15.0. The monoisotopic (exact) mass is 743 g/mol. The van der Waals surface area contributed by atoms with E-state index in [2.05, 4.69) is 25.7 Å². The Morgan fingerprint density at radius 3 is 2.27 bits per heavy atom. The second-order valence-corrected chi connectivity index (χ2v) is 15.3. The van der Waals surface area contributed by atoms with Crippen molar-refractivity contribution < 1.29 is 33.7 Å². The average Bonchev–Trinajstić information content (AvgIpc) is 3.63. The molecule has 1 saturated heterocycles. The van der Waals surface area contributed by atoms with Crippen LogP contribution < -0.4 is 19.7 Å². The highest BCUT2D eigenvalue weighted by Gasteiger charge is 2.66. The van der Waals surface area contributed by atoms with E-state index in [9.17, 15) is 19.5 Å². The summed E-state index contributed by atoms with van der Waals surface area (Å²) in [6.45, 7) is 10.7. The normalized spacial score (nSPS) is 23.0. The number of nitrogens with one attached hydrogen (secondary N) is 1. The van der Waals surface area contributed by atoms with E-state index in [4.69, 9.17) is 14.2 Å². The number of methoxy groups -OCH3 is 2. The lowest BCUT2D eigenvalue weighted by Crippen LogP contribution is -2.48. The van der Waals surface area contributed by atoms with Crippen molar-refractivity contribution >= 4 is 29.1 Å². The van der Waals surface area contributed by atoms with Gasteiger partial charge in [0, 0.05) is 41.7 Å². The maximum Gasteiger partial charge on any atom is 0.264 e. The van der Waals surface area contributed by atoms with E-state index in [1.165, 1.54) is 0 Å². The molecule has 5 atom stereocenters. The Bertz CT molecular complexity index is 2100. The summed E-state index contributed by atoms with van der Waals surface area (Å²) in [5.74, 6) is -0.0804. The van der Waals surface area contributed by atoms with Crippen LogP contribution in [0.4, 0.5) is 11.4 Å². The second-order valence-electron chi connectivity index (χ2n) is 15.3. The Balaban J connectivity index is 1.29. The molecule has 3 aliphatic rings. The van der Waals surface area contributed by atoms with Crippen molar-refractivity contribution in [1.82, 2.24) is 4.90 Å². The molecule has 3 amide bonds. The van der Waals surface area contributed by atoms with Gasteiger partial charge in [-0.2, -0.15) is 0 Å². The number of ether oxygens (including phenoxy) is 3. The van der Waals surface area contributed by atoms with Crippen LogP contribution >= 0.6 is 0 Å². The molecule has 0 bridgehead atoms. The molecule has 2 N–H and O–H groups in total. The molecule has 3 heterocycles. The molecule has 0 aromatic heterocycles. The third kappa shape index (κ3) is 6.57. The SMILES string of the molecule is C=CCN1C(=O)[C@]2(O[C@H](CC(=O)N3Cc4ccccc4C[C@H]3CO)[C@@H](C(C)(C)c3ccc(OC)cc3)[C@@H]2C)c2cc(NC(=O)c3ccc(OC)cc3)ccc21. The summed E-state index contributed by atoms with van der Waals surface area (Å²) in [5.41, 5.74) is 3.39. The first-order valence-corrected chi connectivity index (χ1v) is 18.8. The molecule has 0 unspecified atom stereocenters. The Morgan fingerprint density at radius 1 is 0.982 bits per heavy atom. The largest absolute Gasteiger partial charge is 0.497 e. The average molecular weight is 744 g/mol. The highest BCUT2D eigenvalue weighted by Crippen LogP contribution is 2.60. The number of amides is 3. The summed E-state index contributed by atoms with van der Waals surface area (Å²) >= 11 is 0. The molecule has 0 radical (unpaired) electrons. The van der Waals surface area contributed by atoms with Crippen molar-refractivity contribution in [3.8, 4) is 11.5 Å². The number of aliphatic hydroxyl groups excluding tert-OH is 1. The number of nitrogens with zero attached hydrogens (tertiary/aromatic N) is 2. The molecule has 0 aliphatic carbocycles. The Kier molecular flexibility index (Phi) is 10.3. The van der Waals surface area contributed by atoms with Crippen LogP contribution in [0.15, 0.2) is 104 Å². The molecule has 3 aliphatic heterocycles. The van der Waals surface area contributed by atoms with Crippen LogP contribution in [0.2, 0.25) is 0 Å². The molecule has 1 spiro atoms. The lowest BCUT2D eigenvalue weighted by atomic mass is 9.63. The number of anilines is 2. The third-order valence-electron chi connectivity index (χ3n) is 12.0. The summed E-state index contributed by atoms with van der Waals surface area (Å²) in [7, 11) is 3.20. The summed E-state index contributed by atoms with van der Waals surface area (Å²) in [6, 6.07) is 27.8. The zero-order chi connectivity index (χ0) is 39.1. The molecule has 7 rings (SSSR count). The summed E-state index contributed by atoms with van der Waals surface area (Å²) < 4.78 is 17.9. The van der Waals surface area contributed by atoms with Gasteiger partial charge < -0.3 is 34.4 Å². The van der Waals surface area contributed by atoms with Gasteiger partial charge in [-0.25, -0.2) is 0 Å². The minimum Gasteiger partial charge on any atom is -0.497 e. The van der Waals surface area contributed by atoms with E-state index >= 15 is 0 Å². The topological polar surface area (TPSA) is 118 Å². The minimum atomic E-state index is -1.47. The van der Waals surface area contributed by atoms with Crippen molar-refractivity contribution in [3.63, 3.8) is 0 Å². The number of hydrogen-bond donors (Lipinski definition) is 2. The first-order valence-electron chi connectivity index (χ1n) is 18.8. The van der Waals surface area contributed by atoms with Gasteiger partial charge in [0.2, 0.25) is 5.91 Å². The van der Waals surface area contributed by atoms with Crippen molar-refractivity contribution in [2.75, 3.05) is 37.6 Å². The molecular formula is C45H49N3O7. The molecule has 0 saturated carbocycles. The minimum absolute atomic E-state index is 0.00692. The fourth-order valence-electron chi connectivity index (χ4n) is 9.18. The van der Waals surface area contributed by atoms with Crippen molar-refractivity contribution in [2.45, 2.75) is 63.3 Å². The van der Waals surface area contributed by atoms with Crippen molar-refractivity contribution in [1.29, 1.82) is 0 Å². The maximum absolute atomic E-state index is 15.0. The smallest absolute Gasteiger partial charge is 0.264 e. The Hall–Kier alpha value is -5.45. The molecule has 286 valence electrons. The molecule has 10 nitrogen and oxygen atoms in total. The molecule has 4 aromatic rings. The number of fused-ring (bicyclic) bond motifs is 3. The molecule has 4 aromatic carbocycles. The van der Waals surface area contributed by atoms with Crippen LogP contribution in [0.3, 0.4) is 0 Å². The lowest BCUT2D eigenvalue weighted by Gasteiger charge is -2.40. The van der Waals surface area contributed by atoms with E-state index in [1.807, 2.05) is 67.6 Å². The Labute approximate surface area is 322 Å². The highest BCUT2D eigenvalue weighted by atomic mass is 16.5. The first-order chi connectivity index (χ1) is 26.5.